The van der Waals surface area contributed by atoms with E-state index in [2.05, 4.69) is 61.4 Å². The van der Waals surface area contributed by atoms with Gasteiger partial charge in [0, 0.05) is 85.5 Å². The van der Waals surface area contributed by atoms with E-state index in [0.29, 0.717) is 85.2 Å². The van der Waals surface area contributed by atoms with Crippen molar-refractivity contribution in [2.24, 2.45) is 0 Å². The van der Waals surface area contributed by atoms with E-state index in [1.165, 1.54) is 34.5 Å². The molecule has 0 aliphatic rings. The quantitative estimate of drug-likeness (QED) is 0.0129. The molecule has 4 heterocycles. The fourth-order valence-corrected chi connectivity index (χ4v) is 10.1. The Balaban J connectivity index is 0.000000278. The smallest absolute Gasteiger partial charge is 0.316 e. The second-order valence-electron chi connectivity index (χ2n) is 19.0. The van der Waals surface area contributed by atoms with Gasteiger partial charge in [0.1, 0.15) is 36.9 Å². The Hall–Kier alpha value is -5.52. The van der Waals surface area contributed by atoms with Crippen LogP contribution in [-0.2, 0) is 51.8 Å². The molecule has 0 aliphatic heterocycles. The van der Waals surface area contributed by atoms with E-state index in [1.54, 1.807) is 46.7 Å². The third-order valence-corrected chi connectivity index (χ3v) is 16.4. The zero-order valence-corrected chi connectivity index (χ0v) is 49.2. The molecule has 0 fully saturated rings. The fourth-order valence-electron chi connectivity index (χ4n) is 6.95. The third kappa shape index (κ3) is 16.3. The Bertz CT molecular complexity index is 3190. The highest BCUT2D eigenvalue weighted by Crippen LogP contribution is 2.43. The summed E-state index contributed by atoms with van der Waals surface area (Å²) in [5, 5.41) is 21.2. The molecule has 0 N–H and O–H groups in total. The van der Waals surface area contributed by atoms with Gasteiger partial charge >= 0.3 is 5.97 Å². The van der Waals surface area contributed by atoms with Crippen LogP contribution in [0.5, 0.6) is 23.0 Å². The number of ether oxygens (including phenoxy) is 9. The summed E-state index contributed by atoms with van der Waals surface area (Å²) in [6, 6.07) is 12.7. The van der Waals surface area contributed by atoms with Crippen molar-refractivity contribution in [2.75, 3.05) is 73.9 Å². The summed E-state index contributed by atoms with van der Waals surface area (Å²) >= 11 is 14.4. The van der Waals surface area contributed by atoms with Gasteiger partial charge in [0.15, 0.2) is 41.7 Å². The summed E-state index contributed by atoms with van der Waals surface area (Å²) in [5.41, 5.74) is 2.78. The van der Waals surface area contributed by atoms with Crippen molar-refractivity contribution in [3.05, 3.63) is 57.8 Å². The van der Waals surface area contributed by atoms with E-state index >= 15 is 0 Å². The van der Waals surface area contributed by atoms with Crippen LogP contribution in [0.25, 0.3) is 44.6 Å². The molecule has 0 saturated heterocycles. The molecule has 0 amide bonds. The lowest BCUT2D eigenvalue weighted by molar-refractivity contribution is -0.139. The number of sulfone groups is 1. The normalized spacial score (nSPS) is 11.7. The van der Waals surface area contributed by atoms with Gasteiger partial charge in [-0.3, -0.25) is 4.79 Å². The van der Waals surface area contributed by atoms with Crippen molar-refractivity contribution in [2.45, 2.75) is 82.1 Å². The highest BCUT2D eigenvalue weighted by molar-refractivity contribution is 7.99. The summed E-state index contributed by atoms with van der Waals surface area (Å²) in [6.07, 6.45) is 4.28. The lowest BCUT2D eigenvalue weighted by Gasteiger charge is -2.16. The molecule has 0 aliphatic carbocycles. The lowest BCUT2D eigenvalue weighted by atomic mass is 10.1. The van der Waals surface area contributed by atoms with E-state index in [4.69, 9.17) is 75.8 Å². The molecular formula is C49H62Cl2N8O12S2Si2. The van der Waals surface area contributed by atoms with Crippen molar-refractivity contribution in [1.29, 1.82) is 10.5 Å². The molecule has 4 aromatic heterocycles. The monoisotopic (exact) mass is 1140 g/mol. The molecule has 2 aromatic carbocycles. The highest BCUT2D eigenvalue weighted by Gasteiger charge is 2.27. The van der Waals surface area contributed by atoms with Crippen LogP contribution in [-0.4, -0.2) is 133 Å². The van der Waals surface area contributed by atoms with Crippen molar-refractivity contribution < 1.29 is 55.8 Å². The van der Waals surface area contributed by atoms with Crippen LogP contribution in [0.4, 0.5) is 0 Å². The van der Waals surface area contributed by atoms with Crippen molar-refractivity contribution in [3.63, 3.8) is 0 Å². The molecule has 0 spiro atoms. The number of halogens is 2. The van der Waals surface area contributed by atoms with Gasteiger partial charge in [-0.15, -0.1) is 0 Å². The molecule has 0 unspecified atom stereocenters. The van der Waals surface area contributed by atoms with E-state index in [9.17, 15) is 23.7 Å². The van der Waals surface area contributed by atoms with Crippen LogP contribution in [0.3, 0.4) is 0 Å². The zero-order valence-electron chi connectivity index (χ0n) is 44.1. The molecule has 75 heavy (non-hydrogen) atoms. The first-order valence-electron chi connectivity index (χ1n) is 23.3. The zero-order chi connectivity index (χ0) is 55.3. The second kappa shape index (κ2) is 27.0. The van der Waals surface area contributed by atoms with Crippen LogP contribution >= 0.6 is 35.0 Å². The number of benzene rings is 2. The van der Waals surface area contributed by atoms with Gasteiger partial charge in [-0.2, -0.15) is 15.5 Å². The minimum atomic E-state index is -3.81. The molecule has 20 nitrogen and oxygen atoms in total. The largest absolute Gasteiger partial charge is 0.493 e. The second-order valence-corrected chi connectivity index (χ2v) is 33.9. The molecule has 0 radical (unpaired) electrons. The van der Waals surface area contributed by atoms with Crippen LogP contribution in [0.2, 0.25) is 61.4 Å². The number of carbonyl (C=O) groups is 1. The number of nitrogens with zero attached hydrogens (tertiary/aromatic N) is 8. The van der Waals surface area contributed by atoms with E-state index in [1.807, 2.05) is 0 Å². The average Bonchev–Trinajstić information content (AvgIpc) is 3.91. The van der Waals surface area contributed by atoms with Crippen molar-refractivity contribution in [3.8, 4) is 57.7 Å². The Labute approximate surface area is 453 Å². The Morgan fingerprint density at radius 2 is 1.15 bits per heavy atom. The molecular weight excluding hydrogens is 1080 g/mol. The predicted molar refractivity (Wildman–Crippen MR) is 292 cm³/mol. The Morgan fingerprint density at radius 1 is 0.693 bits per heavy atom. The first-order chi connectivity index (χ1) is 35.5. The first-order valence-corrected chi connectivity index (χ1v) is 34.3. The van der Waals surface area contributed by atoms with Crippen LogP contribution < -0.4 is 18.9 Å². The number of fused-ring (bicyclic) bond motifs is 2. The van der Waals surface area contributed by atoms with Gasteiger partial charge < -0.3 is 51.8 Å². The van der Waals surface area contributed by atoms with Gasteiger partial charge in [0.2, 0.25) is 15.0 Å². The minimum Gasteiger partial charge on any atom is -0.493 e. The summed E-state index contributed by atoms with van der Waals surface area (Å²) < 4.78 is 77.3. The van der Waals surface area contributed by atoms with Crippen molar-refractivity contribution in [1.82, 2.24) is 29.1 Å². The van der Waals surface area contributed by atoms with E-state index in [0.717, 1.165) is 30.1 Å². The van der Waals surface area contributed by atoms with Gasteiger partial charge in [-0.1, -0.05) is 74.2 Å². The lowest BCUT2D eigenvalue weighted by Crippen LogP contribution is -2.22. The molecule has 404 valence electrons. The van der Waals surface area contributed by atoms with Crippen LogP contribution in [0.15, 0.2) is 47.0 Å². The number of hydrogen-bond acceptors (Lipinski definition) is 19. The maximum Gasteiger partial charge on any atom is 0.316 e. The van der Waals surface area contributed by atoms with Gasteiger partial charge in [-0.05, 0) is 31.1 Å². The standard InChI is InChI=1S/C26H33ClN4O6SSi.C23H29ClN4O6SSi/c1-7-36-22(32)14-38-26-29-24(18-10-21(37-16-33-2)20(34-3)11-19(18)27)23-17(12-28)13-31(25(23)30-26)15-35-8-9-39(4,5)6;1-31-14-34-19-9-16(17(24)10-18(19)32-2)21-20-15(11-25)12-28(13-33-7-8-36(4,5)6)22(20)27-23(26-21)35(3,29)30/h10-11,13H,7-9,14-16H2,1-6H3;9-10,12H,7-8,13-14H2,1-6H3. The van der Waals surface area contributed by atoms with E-state index < -0.39 is 31.1 Å². The number of methoxy groups -OCH3 is 4. The summed E-state index contributed by atoms with van der Waals surface area (Å²) in [4.78, 5) is 30.1. The van der Waals surface area contributed by atoms with Crippen LogP contribution in [0.1, 0.15) is 18.1 Å². The number of hydrogen-bond donors (Lipinski definition) is 0. The fraction of sp³-hybridized carbons (Fsp3) is 0.449. The molecule has 6 rings (SSSR count). The van der Waals surface area contributed by atoms with Gasteiger partial charge in [0.25, 0.3) is 0 Å². The van der Waals surface area contributed by atoms with Gasteiger partial charge in [0.05, 0.1) is 69.9 Å². The average molecular weight is 1150 g/mol. The molecule has 0 bridgehead atoms. The van der Waals surface area contributed by atoms with Gasteiger partial charge in [-0.25, -0.2) is 23.4 Å². The van der Waals surface area contributed by atoms with E-state index in [-0.39, 0.29) is 67.3 Å². The minimum absolute atomic E-state index is 0.00809. The Morgan fingerprint density at radius 3 is 1.55 bits per heavy atom. The number of carbonyl (C=O) groups excluding carboxylic acids is 1. The van der Waals surface area contributed by atoms with Crippen LogP contribution in [0, 0.1) is 22.7 Å². The van der Waals surface area contributed by atoms with Crippen molar-refractivity contribution >= 4 is 89.0 Å². The number of nitriles is 2. The molecule has 6 aromatic rings. The highest BCUT2D eigenvalue weighted by atomic mass is 35.5. The number of aromatic nitrogens is 6. The number of thioether (sulfide) groups is 1. The summed E-state index contributed by atoms with van der Waals surface area (Å²) in [6.45, 7) is 17.0. The first kappa shape index (κ1) is 60.3. The number of rotatable bonds is 25. The molecule has 0 atom stereocenters. The predicted octanol–water partition coefficient (Wildman–Crippen LogP) is 9.91. The molecule has 0 saturated carbocycles. The third-order valence-electron chi connectivity index (χ3n) is 10.7. The topological polar surface area (TPSA) is 243 Å². The maximum absolute atomic E-state index is 12.5. The number of esters is 1. The summed E-state index contributed by atoms with van der Waals surface area (Å²) in [5.74, 6) is 1.10. The maximum atomic E-state index is 12.5. The summed E-state index contributed by atoms with van der Waals surface area (Å²) in [7, 11) is -0.427. The Kier molecular flexibility index (Phi) is 21.7. The molecule has 26 heteroatoms. The SMILES string of the molecule is CCOC(=O)CSc1nc(-c2cc(OCOC)c(OC)cc2Cl)c2c(C#N)cn(COCC[Si](C)(C)C)c2n1.COCOc1cc(-c2nc(S(C)(=O)=O)nc3c2c(C#N)cn3COCC[Si](C)(C)C)c(Cl)cc1OC.